The lowest BCUT2D eigenvalue weighted by molar-refractivity contribution is -0.114. The number of carbonyl (C=O) groups excluding carboxylic acids is 2. The van der Waals surface area contributed by atoms with Gasteiger partial charge < -0.3 is 20.1 Å². The molecule has 0 atom stereocenters. The number of ether oxygens (including phenoxy) is 2. The Morgan fingerprint density at radius 2 is 1.61 bits per heavy atom. The van der Waals surface area contributed by atoms with E-state index in [0.29, 0.717) is 28.5 Å². The van der Waals surface area contributed by atoms with Gasteiger partial charge in [0.1, 0.15) is 23.9 Å². The van der Waals surface area contributed by atoms with Crippen LogP contribution >= 0.6 is 0 Å². The van der Waals surface area contributed by atoms with Crippen molar-refractivity contribution in [1.82, 2.24) is 5.32 Å². The first-order chi connectivity index (χ1) is 15.1. The zero-order valence-corrected chi connectivity index (χ0v) is 17.1. The number of hydrogen-bond donors (Lipinski definition) is 2. The Kier molecular flexibility index (Phi) is 7.67. The van der Waals surface area contributed by atoms with Gasteiger partial charge in [-0.3, -0.25) is 9.59 Å². The quantitative estimate of drug-likeness (QED) is 0.567. The third kappa shape index (κ3) is 6.94. The monoisotopic (exact) mass is 414 g/mol. The highest BCUT2D eigenvalue weighted by atomic mass is 16.5. The van der Waals surface area contributed by atoms with Gasteiger partial charge in [0.15, 0.2) is 0 Å². The Morgan fingerprint density at radius 1 is 0.871 bits per heavy atom. The Bertz CT molecular complexity index is 1100. The van der Waals surface area contributed by atoms with Crippen LogP contribution in [-0.4, -0.2) is 25.0 Å². The minimum atomic E-state index is -0.273. The second-order valence-electron chi connectivity index (χ2n) is 6.45. The summed E-state index contributed by atoms with van der Waals surface area (Å²) in [6.07, 6.45) is 0. The van der Waals surface area contributed by atoms with Crippen LogP contribution in [0.15, 0.2) is 78.9 Å². The molecule has 2 amide bonds. The fraction of sp³-hybridized carbons (Fsp3) is 0.120. The first kappa shape index (κ1) is 21.5. The van der Waals surface area contributed by atoms with E-state index in [1.165, 1.54) is 6.92 Å². The van der Waals surface area contributed by atoms with E-state index in [-0.39, 0.29) is 25.0 Å². The first-order valence-electron chi connectivity index (χ1n) is 9.68. The van der Waals surface area contributed by atoms with Crippen LogP contribution in [0.1, 0.15) is 17.3 Å². The van der Waals surface area contributed by atoms with E-state index in [2.05, 4.69) is 22.5 Å². The Hall–Kier alpha value is -4.24. The fourth-order valence-electron chi connectivity index (χ4n) is 2.68. The molecule has 6 nitrogen and oxygen atoms in total. The number of amides is 2. The third-order valence-corrected chi connectivity index (χ3v) is 4.03. The summed E-state index contributed by atoms with van der Waals surface area (Å²) in [6, 6.07) is 23.4. The van der Waals surface area contributed by atoms with Crippen LogP contribution in [0.5, 0.6) is 17.2 Å². The molecule has 6 heteroatoms. The van der Waals surface area contributed by atoms with Crippen LogP contribution in [0.25, 0.3) is 0 Å². The highest BCUT2D eigenvalue weighted by Crippen LogP contribution is 2.24. The number of rotatable bonds is 7. The number of nitrogens with one attached hydrogen (secondary N) is 2. The number of carbonyl (C=O) groups is 2. The van der Waals surface area contributed by atoms with Crippen molar-refractivity contribution in [3.8, 4) is 29.1 Å². The van der Waals surface area contributed by atoms with Crippen molar-refractivity contribution in [2.75, 3.05) is 18.5 Å². The van der Waals surface area contributed by atoms with Gasteiger partial charge >= 0.3 is 0 Å². The van der Waals surface area contributed by atoms with Gasteiger partial charge in [-0.2, -0.15) is 0 Å². The molecule has 0 heterocycles. The Morgan fingerprint density at radius 3 is 2.42 bits per heavy atom. The molecule has 0 aliphatic heterocycles. The summed E-state index contributed by atoms with van der Waals surface area (Å²) in [4.78, 5) is 23.6. The lowest BCUT2D eigenvalue weighted by atomic mass is 10.2. The van der Waals surface area contributed by atoms with E-state index >= 15 is 0 Å². The standard InChI is InChI=1S/C25H22N2O4/c1-19(28)27-20-10-9-13-22(18-20)30-17-8-7-16-26-25(29)23-14-5-6-15-24(23)31-21-11-3-2-4-12-21/h2-6,9-15,18H,16-17H2,1H3,(H,26,29)(H,27,28). The van der Waals surface area contributed by atoms with Crippen molar-refractivity contribution >= 4 is 17.5 Å². The predicted octanol–water partition coefficient (Wildman–Crippen LogP) is 4.25. The van der Waals surface area contributed by atoms with Crippen molar-refractivity contribution < 1.29 is 19.1 Å². The second-order valence-corrected chi connectivity index (χ2v) is 6.45. The zero-order chi connectivity index (χ0) is 21.9. The normalized spacial score (nSPS) is 9.71. The van der Waals surface area contributed by atoms with Gasteiger partial charge in [0.2, 0.25) is 5.91 Å². The molecule has 0 bridgehead atoms. The summed E-state index contributed by atoms with van der Waals surface area (Å²) in [5.74, 6) is 7.00. The molecule has 0 aliphatic rings. The minimum absolute atomic E-state index is 0.150. The van der Waals surface area contributed by atoms with E-state index in [1.54, 1.807) is 42.5 Å². The summed E-state index contributed by atoms with van der Waals surface area (Å²) < 4.78 is 11.4. The van der Waals surface area contributed by atoms with Gasteiger partial charge in [0.05, 0.1) is 12.1 Å². The zero-order valence-electron chi connectivity index (χ0n) is 17.1. The number of benzene rings is 3. The van der Waals surface area contributed by atoms with Gasteiger partial charge in [-0.1, -0.05) is 48.2 Å². The molecule has 3 aromatic rings. The molecule has 156 valence electrons. The van der Waals surface area contributed by atoms with Crippen LogP contribution in [0, 0.1) is 11.8 Å². The lowest BCUT2D eigenvalue weighted by Gasteiger charge is -2.10. The topological polar surface area (TPSA) is 76.7 Å². The van der Waals surface area contributed by atoms with Crippen molar-refractivity contribution in [3.63, 3.8) is 0 Å². The maximum absolute atomic E-state index is 12.5. The van der Waals surface area contributed by atoms with Crippen molar-refractivity contribution in [3.05, 3.63) is 84.4 Å². The van der Waals surface area contributed by atoms with Gasteiger partial charge in [-0.25, -0.2) is 0 Å². The Balaban J connectivity index is 1.49. The second kappa shape index (κ2) is 11.1. The minimum Gasteiger partial charge on any atom is -0.481 e. The number of hydrogen-bond acceptors (Lipinski definition) is 4. The highest BCUT2D eigenvalue weighted by molar-refractivity contribution is 5.97. The van der Waals surface area contributed by atoms with Crippen molar-refractivity contribution in [2.24, 2.45) is 0 Å². The van der Waals surface area contributed by atoms with E-state index in [0.717, 1.165) is 0 Å². The van der Waals surface area contributed by atoms with Crippen LogP contribution in [-0.2, 0) is 4.79 Å². The fourth-order valence-corrected chi connectivity index (χ4v) is 2.68. The maximum Gasteiger partial charge on any atom is 0.255 e. The van der Waals surface area contributed by atoms with Crippen LogP contribution < -0.4 is 20.1 Å². The summed E-state index contributed by atoms with van der Waals surface area (Å²) in [5, 5.41) is 5.45. The summed E-state index contributed by atoms with van der Waals surface area (Å²) in [7, 11) is 0. The smallest absolute Gasteiger partial charge is 0.255 e. The van der Waals surface area contributed by atoms with Gasteiger partial charge in [-0.15, -0.1) is 0 Å². The average molecular weight is 414 g/mol. The maximum atomic E-state index is 12.5. The SMILES string of the molecule is CC(=O)Nc1cccc(OCC#CCNC(=O)c2ccccc2Oc2ccccc2)c1. The molecule has 0 saturated heterocycles. The van der Waals surface area contributed by atoms with Gasteiger partial charge in [0, 0.05) is 18.7 Å². The summed E-state index contributed by atoms with van der Waals surface area (Å²) in [6.45, 7) is 1.78. The average Bonchev–Trinajstić information content (AvgIpc) is 2.77. The molecule has 0 aromatic heterocycles. The molecular formula is C25H22N2O4. The van der Waals surface area contributed by atoms with Crippen LogP contribution in [0.4, 0.5) is 5.69 Å². The van der Waals surface area contributed by atoms with Crippen molar-refractivity contribution in [1.29, 1.82) is 0 Å². The van der Waals surface area contributed by atoms with E-state index in [9.17, 15) is 9.59 Å². The molecule has 31 heavy (non-hydrogen) atoms. The summed E-state index contributed by atoms with van der Waals surface area (Å²) >= 11 is 0. The first-order valence-corrected chi connectivity index (χ1v) is 9.68. The lowest BCUT2D eigenvalue weighted by Crippen LogP contribution is -2.24. The summed E-state index contributed by atoms with van der Waals surface area (Å²) in [5.41, 5.74) is 1.08. The number of para-hydroxylation sites is 2. The molecule has 0 saturated carbocycles. The third-order valence-electron chi connectivity index (χ3n) is 4.03. The Labute approximate surface area is 181 Å². The molecule has 0 unspecified atom stereocenters. The van der Waals surface area contributed by atoms with Crippen LogP contribution in [0.2, 0.25) is 0 Å². The van der Waals surface area contributed by atoms with Crippen LogP contribution in [0.3, 0.4) is 0 Å². The predicted molar refractivity (Wildman–Crippen MR) is 119 cm³/mol. The molecular weight excluding hydrogens is 392 g/mol. The molecule has 2 N–H and O–H groups in total. The van der Waals surface area contributed by atoms with Crippen molar-refractivity contribution in [2.45, 2.75) is 6.92 Å². The van der Waals surface area contributed by atoms with Gasteiger partial charge in [-0.05, 0) is 36.4 Å². The molecule has 0 radical (unpaired) electrons. The molecule has 0 fully saturated rings. The van der Waals surface area contributed by atoms with E-state index < -0.39 is 0 Å². The van der Waals surface area contributed by atoms with E-state index in [1.807, 2.05) is 36.4 Å². The van der Waals surface area contributed by atoms with E-state index in [4.69, 9.17) is 9.47 Å². The molecule has 3 rings (SSSR count). The van der Waals surface area contributed by atoms with Gasteiger partial charge in [0.25, 0.3) is 5.91 Å². The molecule has 3 aromatic carbocycles. The molecule has 0 spiro atoms. The highest BCUT2D eigenvalue weighted by Gasteiger charge is 2.11. The largest absolute Gasteiger partial charge is 0.481 e. The number of anilines is 1. The molecule has 0 aliphatic carbocycles.